The molecule has 1 spiro atoms. The summed E-state index contributed by atoms with van der Waals surface area (Å²) in [4.78, 5) is 42.5. The monoisotopic (exact) mass is 537 g/mol. The lowest BCUT2D eigenvalue weighted by atomic mass is 9.35. The Morgan fingerprint density at radius 2 is 1.77 bits per heavy atom. The van der Waals surface area contributed by atoms with E-state index in [1.54, 1.807) is 6.92 Å². The van der Waals surface area contributed by atoms with E-state index in [1.807, 2.05) is 18.2 Å². The second-order valence-corrected chi connectivity index (χ2v) is 13.0. The number of aromatic nitrogens is 2. The van der Waals surface area contributed by atoms with E-state index in [9.17, 15) is 14.4 Å². The second-order valence-electron chi connectivity index (χ2n) is 13.0. The molecule has 3 aromatic rings. The van der Waals surface area contributed by atoms with Crippen molar-refractivity contribution in [3.8, 4) is 0 Å². The first-order valence-electron chi connectivity index (χ1n) is 14.8. The predicted molar refractivity (Wildman–Crippen MR) is 151 cm³/mol. The number of hydrogen-bond donors (Lipinski definition) is 3. The molecule has 5 fully saturated rings. The van der Waals surface area contributed by atoms with Crippen LogP contribution >= 0.6 is 0 Å². The largest absolute Gasteiger partial charge is 0.380 e. The standard InChI is InChI=1S/C32H35N5O3/c1-18-35-25-4-2-3-24(28(25)30(40)37(18)26-9-10-27(38)36-29(26)39)33-16-19-5-7-20(8-6-19)17-34-31-13-21-11-22-12-23(15-31)32(22,31)14-21/h2-8,21-23,26,33-34H,9-17H2,1H3,(H,36,38,39). The number of piperidine rings is 1. The van der Waals surface area contributed by atoms with Crippen LogP contribution in [0.4, 0.5) is 5.69 Å². The van der Waals surface area contributed by atoms with E-state index in [0.717, 1.165) is 29.9 Å². The third-order valence-electron chi connectivity index (χ3n) is 11.2. The minimum absolute atomic E-state index is 0.204. The fraction of sp³-hybridized carbons (Fsp3) is 0.500. The number of carbonyl (C=O) groups excluding carboxylic acids is 2. The second kappa shape index (κ2) is 8.49. The molecule has 1 saturated heterocycles. The number of aryl methyl sites for hydroxylation is 1. The molecule has 8 heteroatoms. The van der Waals surface area contributed by atoms with Gasteiger partial charge < -0.3 is 10.6 Å². The summed E-state index contributed by atoms with van der Waals surface area (Å²) in [5.74, 6) is 2.65. The first-order chi connectivity index (χ1) is 19.4. The van der Waals surface area contributed by atoms with Gasteiger partial charge in [0.05, 0.1) is 10.9 Å². The summed E-state index contributed by atoms with van der Waals surface area (Å²) < 4.78 is 1.43. The summed E-state index contributed by atoms with van der Waals surface area (Å²) in [6.45, 7) is 3.22. The van der Waals surface area contributed by atoms with Gasteiger partial charge in [0.1, 0.15) is 11.9 Å². The van der Waals surface area contributed by atoms with E-state index in [1.165, 1.54) is 42.2 Å². The van der Waals surface area contributed by atoms with E-state index in [-0.39, 0.29) is 17.9 Å². The van der Waals surface area contributed by atoms with Gasteiger partial charge in [0, 0.05) is 30.7 Å². The van der Waals surface area contributed by atoms with E-state index in [2.05, 4.69) is 45.2 Å². The molecule has 0 radical (unpaired) electrons. The topological polar surface area (TPSA) is 105 Å². The van der Waals surface area contributed by atoms with Crippen LogP contribution in [-0.4, -0.2) is 26.9 Å². The Kier molecular flexibility index (Phi) is 5.16. The van der Waals surface area contributed by atoms with Crippen LogP contribution in [0.3, 0.4) is 0 Å². The zero-order valence-corrected chi connectivity index (χ0v) is 22.8. The number of nitrogens with one attached hydrogen (secondary N) is 3. The number of hydrogen-bond acceptors (Lipinski definition) is 6. The van der Waals surface area contributed by atoms with Crippen molar-refractivity contribution in [2.75, 3.05) is 5.32 Å². The van der Waals surface area contributed by atoms with Gasteiger partial charge in [-0.3, -0.25) is 24.3 Å². The van der Waals surface area contributed by atoms with Crippen LogP contribution in [0.15, 0.2) is 47.3 Å². The molecule has 40 heavy (non-hydrogen) atoms. The maximum Gasteiger partial charge on any atom is 0.264 e. The molecule has 2 heterocycles. The van der Waals surface area contributed by atoms with Crippen molar-refractivity contribution in [3.63, 3.8) is 0 Å². The van der Waals surface area contributed by atoms with Crippen LogP contribution in [0, 0.1) is 30.1 Å². The van der Waals surface area contributed by atoms with Gasteiger partial charge in [0.25, 0.3) is 5.56 Å². The summed E-state index contributed by atoms with van der Waals surface area (Å²) >= 11 is 0. The molecule has 4 aliphatic carbocycles. The van der Waals surface area contributed by atoms with Gasteiger partial charge >= 0.3 is 0 Å². The molecule has 2 bridgehead atoms. The van der Waals surface area contributed by atoms with Gasteiger partial charge in [-0.2, -0.15) is 0 Å². The molecule has 3 N–H and O–H groups in total. The van der Waals surface area contributed by atoms with Gasteiger partial charge in [-0.05, 0) is 91.9 Å². The summed E-state index contributed by atoms with van der Waals surface area (Å²) in [5, 5.41) is 10.3. The highest BCUT2D eigenvalue weighted by molar-refractivity contribution is 5.99. The fourth-order valence-corrected chi connectivity index (χ4v) is 9.53. The number of fused-ring (bicyclic) bond motifs is 2. The van der Waals surface area contributed by atoms with Crippen molar-refractivity contribution in [1.82, 2.24) is 20.2 Å². The van der Waals surface area contributed by atoms with Gasteiger partial charge in [-0.15, -0.1) is 0 Å². The Hall–Kier alpha value is -3.52. The number of rotatable bonds is 7. The Balaban J connectivity index is 0.978. The van der Waals surface area contributed by atoms with Gasteiger partial charge in [0.15, 0.2) is 0 Å². The third kappa shape index (κ3) is 3.28. The zero-order valence-electron chi connectivity index (χ0n) is 22.8. The average Bonchev–Trinajstić information content (AvgIpc) is 3.42. The highest BCUT2D eigenvalue weighted by Crippen LogP contribution is 2.82. The van der Waals surface area contributed by atoms with Crippen molar-refractivity contribution in [2.45, 2.75) is 76.5 Å². The quantitative estimate of drug-likeness (QED) is 0.394. The van der Waals surface area contributed by atoms with Crippen molar-refractivity contribution >= 4 is 28.4 Å². The van der Waals surface area contributed by atoms with Crippen molar-refractivity contribution in [3.05, 3.63) is 69.8 Å². The minimum atomic E-state index is -0.740. The number of benzene rings is 2. The number of imide groups is 1. The van der Waals surface area contributed by atoms with Crippen molar-refractivity contribution in [1.29, 1.82) is 0 Å². The zero-order chi connectivity index (χ0) is 27.2. The third-order valence-corrected chi connectivity index (χ3v) is 11.2. The van der Waals surface area contributed by atoms with E-state index in [4.69, 9.17) is 0 Å². The maximum atomic E-state index is 13.7. The molecule has 206 valence electrons. The fourth-order valence-electron chi connectivity index (χ4n) is 9.53. The van der Waals surface area contributed by atoms with Crippen molar-refractivity contribution in [2.24, 2.45) is 23.2 Å². The molecule has 1 aromatic heterocycles. The lowest BCUT2D eigenvalue weighted by molar-refractivity contribution is -0.207. The van der Waals surface area contributed by atoms with Crippen LogP contribution in [0.25, 0.3) is 10.9 Å². The van der Waals surface area contributed by atoms with Gasteiger partial charge in [-0.1, -0.05) is 30.3 Å². The maximum absolute atomic E-state index is 13.7. The number of anilines is 1. The molecule has 2 aromatic carbocycles. The summed E-state index contributed by atoms with van der Waals surface area (Å²) in [6.07, 6.45) is 7.70. The normalized spacial score (nSPS) is 33.3. The van der Waals surface area contributed by atoms with Crippen LogP contribution in [0.5, 0.6) is 0 Å². The Labute approximate surface area is 232 Å². The summed E-state index contributed by atoms with van der Waals surface area (Å²) in [6, 6.07) is 13.6. The summed E-state index contributed by atoms with van der Waals surface area (Å²) in [7, 11) is 0. The Morgan fingerprint density at radius 1 is 0.975 bits per heavy atom. The van der Waals surface area contributed by atoms with Crippen molar-refractivity contribution < 1.29 is 9.59 Å². The highest BCUT2D eigenvalue weighted by atomic mass is 16.2. The molecule has 2 amide bonds. The lowest BCUT2D eigenvalue weighted by Gasteiger charge is -2.73. The van der Waals surface area contributed by atoms with Crippen LogP contribution in [-0.2, 0) is 22.7 Å². The van der Waals surface area contributed by atoms with E-state index < -0.39 is 11.9 Å². The minimum Gasteiger partial charge on any atom is -0.380 e. The molecular weight excluding hydrogens is 502 g/mol. The Bertz CT molecular complexity index is 1630. The van der Waals surface area contributed by atoms with Gasteiger partial charge in [-0.25, -0.2) is 4.98 Å². The molecular formula is C32H35N5O3. The molecule has 8 rings (SSSR count). The van der Waals surface area contributed by atoms with Crippen LogP contribution in [0.1, 0.15) is 67.9 Å². The first kappa shape index (κ1) is 24.3. The molecule has 6 atom stereocenters. The predicted octanol–water partition coefficient (Wildman–Crippen LogP) is 3.96. The Morgan fingerprint density at radius 3 is 2.52 bits per heavy atom. The first-order valence-corrected chi connectivity index (χ1v) is 14.8. The summed E-state index contributed by atoms with van der Waals surface area (Å²) in [5.41, 5.74) is 4.50. The van der Waals surface area contributed by atoms with Gasteiger partial charge in [0.2, 0.25) is 11.8 Å². The molecule has 6 unspecified atom stereocenters. The van der Waals surface area contributed by atoms with E-state index in [0.29, 0.717) is 46.3 Å². The number of amides is 2. The molecule has 4 saturated carbocycles. The SMILES string of the molecule is Cc1nc2cccc(NCc3ccc(CNC45CC6CC7CC(C4)C75C6)cc3)c2c(=O)n1C1CCC(=O)NC1=O. The smallest absolute Gasteiger partial charge is 0.264 e. The van der Waals surface area contributed by atoms with Crippen LogP contribution in [0.2, 0.25) is 0 Å². The van der Waals surface area contributed by atoms with Crippen LogP contribution < -0.4 is 21.5 Å². The molecule has 1 aliphatic heterocycles. The lowest BCUT2D eigenvalue weighted by Crippen LogP contribution is -2.75. The number of nitrogens with zero attached hydrogens (tertiary/aromatic N) is 2. The number of carbonyl (C=O) groups is 2. The molecule has 5 aliphatic rings. The van der Waals surface area contributed by atoms with E-state index >= 15 is 0 Å². The average molecular weight is 538 g/mol. The highest BCUT2D eigenvalue weighted by Gasteiger charge is 2.80. The molecule has 8 nitrogen and oxygen atoms in total.